The van der Waals surface area contributed by atoms with Gasteiger partial charge in [-0.25, -0.2) is 0 Å². The minimum Gasteiger partial charge on any atom is -0.396 e. The van der Waals surface area contributed by atoms with Gasteiger partial charge in [-0.05, 0) is 12.3 Å². The zero-order chi connectivity index (χ0) is 13.7. The maximum atomic E-state index is 9.32. The molecule has 1 fully saturated rings. The fourth-order valence-corrected chi connectivity index (χ4v) is 2.92. The van der Waals surface area contributed by atoms with Gasteiger partial charge in [0.15, 0.2) is 5.82 Å². The number of rotatable bonds is 8. The van der Waals surface area contributed by atoms with Crippen molar-refractivity contribution in [1.82, 2.24) is 10.1 Å². The molecule has 2 rings (SSSR count). The molecular formula is C13H22N2O3S. The van der Waals surface area contributed by atoms with E-state index in [0.29, 0.717) is 30.8 Å². The average molecular weight is 286 g/mol. The summed E-state index contributed by atoms with van der Waals surface area (Å²) in [5, 5.41) is 13.3. The van der Waals surface area contributed by atoms with Crippen LogP contribution >= 0.6 is 11.8 Å². The molecule has 1 aliphatic rings. The number of aliphatic hydroxyl groups is 1. The molecule has 5 nitrogen and oxygen atoms in total. The highest BCUT2D eigenvalue weighted by Gasteiger charge is 2.37. The van der Waals surface area contributed by atoms with Gasteiger partial charge in [0.2, 0.25) is 5.89 Å². The van der Waals surface area contributed by atoms with Gasteiger partial charge in [-0.2, -0.15) is 16.7 Å². The Morgan fingerprint density at radius 3 is 2.79 bits per heavy atom. The Morgan fingerprint density at radius 1 is 1.42 bits per heavy atom. The van der Waals surface area contributed by atoms with Crippen LogP contribution in [-0.2, 0) is 16.9 Å². The fraction of sp³-hybridized carbons (Fsp3) is 0.846. The van der Waals surface area contributed by atoms with E-state index < -0.39 is 0 Å². The number of aromatic nitrogens is 2. The summed E-state index contributed by atoms with van der Waals surface area (Å²) in [6.45, 7) is 5.86. The summed E-state index contributed by atoms with van der Waals surface area (Å²) >= 11 is 1.72. The van der Waals surface area contributed by atoms with Crippen molar-refractivity contribution in [3.05, 3.63) is 11.7 Å². The molecule has 0 radical (unpaired) electrons. The summed E-state index contributed by atoms with van der Waals surface area (Å²) in [4.78, 5) is 4.38. The SMILES string of the molecule is CC(C)CCc1noc(CSCC2(CO)COC2)n1. The Bertz CT molecular complexity index is 385. The Labute approximate surface area is 118 Å². The van der Waals surface area contributed by atoms with E-state index in [1.165, 1.54) is 0 Å². The van der Waals surface area contributed by atoms with Gasteiger partial charge in [0.25, 0.3) is 0 Å². The number of aliphatic hydroxyl groups excluding tert-OH is 1. The van der Waals surface area contributed by atoms with Crippen molar-refractivity contribution in [2.24, 2.45) is 11.3 Å². The molecule has 1 N–H and O–H groups in total. The summed E-state index contributed by atoms with van der Waals surface area (Å²) in [5.74, 6) is 3.70. The van der Waals surface area contributed by atoms with Crippen molar-refractivity contribution in [3.63, 3.8) is 0 Å². The van der Waals surface area contributed by atoms with E-state index in [9.17, 15) is 5.11 Å². The Kier molecular flexibility index (Phi) is 5.24. The lowest BCUT2D eigenvalue weighted by molar-refractivity contribution is -0.121. The van der Waals surface area contributed by atoms with Crippen molar-refractivity contribution in [2.75, 3.05) is 25.6 Å². The van der Waals surface area contributed by atoms with Gasteiger partial charge in [-0.1, -0.05) is 19.0 Å². The van der Waals surface area contributed by atoms with Gasteiger partial charge in [0.05, 0.1) is 25.6 Å². The van der Waals surface area contributed by atoms with E-state index in [0.717, 1.165) is 24.4 Å². The lowest BCUT2D eigenvalue weighted by atomic mass is 9.90. The third-order valence-electron chi connectivity index (χ3n) is 3.24. The van der Waals surface area contributed by atoms with Gasteiger partial charge in [-0.15, -0.1) is 0 Å². The van der Waals surface area contributed by atoms with E-state index in [2.05, 4.69) is 24.0 Å². The Hall–Kier alpha value is -0.590. The van der Waals surface area contributed by atoms with Crippen LogP contribution in [0.3, 0.4) is 0 Å². The van der Waals surface area contributed by atoms with Crippen LogP contribution in [0.1, 0.15) is 32.0 Å². The highest BCUT2D eigenvalue weighted by molar-refractivity contribution is 7.98. The molecule has 0 aliphatic carbocycles. The Balaban J connectivity index is 1.71. The van der Waals surface area contributed by atoms with Crippen molar-refractivity contribution in [3.8, 4) is 0 Å². The summed E-state index contributed by atoms with van der Waals surface area (Å²) < 4.78 is 10.4. The lowest BCUT2D eigenvalue weighted by Crippen LogP contribution is -2.47. The normalized spacial score (nSPS) is 17.7. The van der Waals surface area contributed by atoms with Crippen LogP contribution in [-0.4, -0.2) is 40.8 Å². The van der Waals surface area contributed by atoms with Crippen molar-refractivity contribution < 1.29 is 14.4 Å². The number of hydrogen-bond acceptors (Lipinski definition) is 6. The molecule has 0 atom stereocenters. The molecule has 0 unspecified atom stereocenters. The summed E-state index contributed by atoms with van der Waals surface area (Å²) in [5.41, 5.74) is -0.0504. The van der Waals surface area contributed by atoms with Crippen LogP contribution in [0.25, 0.3) is 0 Å². The topological polar surface area (TPSA) is 68.4 Å². The minimum atomic E-state index is -0.0504. The molecule has 0 spiro atoms. The number of nitrogens with zero attached hydrogens (tertiary/aromatic N) is 2. The van der Waals surface area contributed by atoms with Crippen LogP contribution in [0.5, 0.6) is 0 Å². The predicted molar refractivity (Wildman–Crippen MR) is 74.0 cm³/mol. The van der Waals surface area contributed by atoms with Gasteiger partial charge in [-0.3, -0.25) is 0 Å². The van der Waals surface area contributed by atoms with E-state index >= 15 is 0 Å². The van der Waals surface area contributed by atoms with Crippen LogP contribution in [0.4, 0.5) is 0 Å². The quantitative estimate of drug-likeness (QED) is 0.787. The second kappa shape index (κ2) is 6.72. The zero-order valence-corrected chi connectivity index (χ0v) is 12.4. The molecule has 2 heterocycles. The molecule has 6 heteroatoms. The molecule has 19 heavy (non-hydrogen) atoms. The van der Waals surface area contributed by atoms with Gasteiger partial charge in [0, 0.05) is 17.6 Å². The smallest absolute Gasteiger partial charge is 0.236 e. The first kappa shape index (κ1) is 14.8. The van der Waals surface area contributed by atoms with Gasteiger partial charge >= 0.3 is 0 Å². The fourth-order valence-electron chi connectivity index (χ4n) is 1.83. The molecule has 0 bridgehead atoms. The first-order chi connectivity index (χ1) is 9.13. The van der Waals surface area contributed by atoms with Crippen LogP contribution < -0.4 is 0 Å². The van der Waals surface area contributed by atoms with E-state index in [-0.39, 0.29) is 12.0 Å². The van der Waals surface area contributed by atoms with Crippen molar-refractivity contribution in [1.29, 1.82) is 0 Å². The van der Waals surface area contributed by atoms with Crippen LogP contribution in [0.2, 0.25) is 0 Å². The molecule has 0 saturated carbocycles. The maximum Gasteiger partial charge on any atom is 0.236 e. The summed E-state index contributed by atoms with van der Waals surface area (Å²) in [6, 6.07) is 0. The van der Waals surface area contributed by atoms with Crippen molar-refractivity contribution in [2.45, 2.75) is 32.4 Å². The lowest BCUT2D eigenvalue weighted by Gasteiger charge is -2.39. The average Bonchev–Trinajstić information content (AvgIpc) is 2.78. The van der Waals surface area contributed by atoms with Gasteiger partial charge in [0.1, 0.15) is 0 Å². The predicted octanol–water partition coefficient (Wildman–Crippen LogP) is 1.90. The van der Waals surface area contributed by atoms with E-state index in [1.54, 1.807) is 11.8 Å². The van der Waals surface area contributed by atoms with E-state index in [4.69, 9.17) is 9.26 Å². The summed E-state index contributed by atoms with van der Waals surface area (Å²) in [7, 11) is 0. The monoisotopic (exact) mass is 286 g/mol. The number of aryl methyl sites for hydroxylation is 1. The maximum absolute atomic E-state index is 9.32. The standard InChI is InChI=1S/C13H22N2O3S/c1-10(2)3-4-11-14-12(18-15-11)5-19-9-13(6-16)7-17-8-13/h10,16H,3-9H2,1-2H3. The largest absolute Gasteiger partial charge is 0.396 e. The van der Waals surface area contributed by atoms with Crippen molar-refractivity contribution >= 4 is 11.8 Å². The first-order valence-corrected chi connectivity index (χ1v) is 7.87. The highest BCUT2D eigenvalue weighted by atomic mass is 32.2. The zero-order valence-electron chi connectivity index (χ0n) is 11.6. The molecule has 1 aliphatic heterocycles. The molecule has 108 valence electrons. The number of thioether (sulfide) groups is 1. The molecule has 0 aromatic carbocycles. The molecule has 1 aromatic heterocycles. The third-order valence-corrected chi connectivity index (χ3v) is 4.51. The number of hydrogen-bond donors (Lipinski definition) is 1. The highest BCUT2D eigenvalue weighted by Crippen LogP contribution is 2.31. The molecule has 1 aromatic rings. The molecular weight excluding hydrogens is 264 g/mol. The third kappa shape index (κ3) is 4.19. The van der Waals surface area contributed by atoms with Crippen LogP contribution in [0.15, 0.2) is 4.52 Å². The van der Waals surface area contributed by atoms with Crippen LogP contribution in [0, 0.1) is 11.3 Å². The van der Waals surface area contributed by atoms with Gasteiger partial charge < -0.3 is 14.4 Å². The minimum absolute atomic E-state index is 0.0504. The second-order valence-corrected chi connectivity index (χ2v) is 6.67. The Morgan fingerprint density at radius 2 is 2.21 bits per heavy atom. The summed E-state index contributed by atoms with van der Waals surface area (Å²) in [6.07, 6.45) is 1.96. The van der Waals surface area contributed by atoms with E-state index in [1.807, 2.05) is 0 Å². The molecule has 1 saturated heterocycles. The first-order valence-electron chi connectivity index (χ1n) is 6.71. The second-order valence-electron chi connectivity index (χ2n) is 5.68. The molecule has 0 amide bonds. The number of ether oxygens (including phenoxy) is 1.